The maximum Gasteiger partial charge on any atom is 0.323 e. The Kier molecular flexibility index (Phi) is 6.31. The molecule has 0 spiro atoms. The van der Waals surface area contributed by atoms with E-state index in [1.54, 1.807) is 6.07 Å². The highest BCUT2D eigenvalue weighted by Crippen LogP contribution is 2.23. The van der Waals surface area contributed by atoms with Crippen molar-refractivity contribution < 1.29 is 9.59 Å². The van der Waals surface area contributed by atoms with Crippen molar-refractivity contribution in [1.82, 2.24) is 4.90 Å². The van der Waals surface area contributed by atoms with Gasteiger partial charge in [0.15, 0.2) is 0 Å². The zero-order valence-corrected chi connectivity index (χ0v) is 16.4. The predicted molar refractivity (Wildman–Crippen MR) is 113 cm³/mol. The third-order valence-electron chi connectivity index (χ3n) is 5.25. The lowest BCUT2D eigenvalue weighted by Crippen LogP contribution is -2.45. The SMILES string of the molecule is Cc1ccc(C(=O)N2CCCC(C(C)N)C2)cc1NC(=O)Nc1ccccc1. The molecule has 0 aliphatic carbocycles. The van der Waals surface area contributed by atoms with Crippen molar-refractivity contribution in [2.45, 2.75) is 32.7 Å². The first kappa shape index (κ1) is 19.9. The monoisotopic (exact) mass is 380 g/mol. The highest BCUT2D eigenvalue weighted by molar-refractivity contribution is 6.02. The van der Waals surface area contributed by atoms with Crippen LogP contribution in [0.5, 0.6) is 0 Å². The van der Waals surface area contributed by atoms with Crippen molar-refractivity contribution in [3.63, 3.8) is 0 Å². The summed E-state index contributed by atoms with van der Waals surface area (Å²) < 4.78 is 0. The fourth-order valence-electron chi connectivity index (χ4n) is 3.50. The second-order valence-corrected chi connectivity index (χ2v) is 7.49. The number of nitrogens with one attached hydrogen (secondary N) is 2. The van der Waals surface area contributed by atoms with E-state index in [0.717, 1.165) is 24.9 Å². The Labute approximate surface area is 166 Å². The van der Waals surface area contributed by atoms with Gasteiger partial charge in [-0.2, -0.15) is 0 Å². The number of anilines is 2. The first-order valence-electron chi connectivity index (χ1n) is 9.72. The van der Waals surface area contributed by atoms with Crippen LogP contribution in [0.25, 0.3) is 0 Å². The minimum absolute atomic E-state index is 0.0168. The van der Waals surface area contributed by atoms with Crippen LogP contribution in [0.15, 0.2) is 48.5 Å². The van der Waals surface area contributed by atoms with Crippen LogP contribution in [-0.4, -0.2) is 36.0 Å². The normalized spacial score (nSPS) is 17.7. The highest BCUT2D eigenvalue weighted by atomic mass is 16.2. The van der Waals surface area contributed by atoms with Gasteiger partial charge in [0.25, 0.3) is 5.91 Å². The quantitative estimate of drug-likeness (QED) is 0.753. The molecule has 0 aromatic heterocycles. The molecule has 3 amide bonds. The number of rotatable bonds is 4. The number of nitrogens with zero attached hydrogens (tertiary/aromatic N) is 1. The van der Waals surface area contributed by atoms with Crippen molar-refractivity contribution in [2.24, 2.45) is 11.7 Å². The molecule has 1 heterocycles. The number of hydrogen-bond donors (Lipinski definition) is 3. The molecule has 6 heteroatoms. The second kappa shape index (κ2) is 8.89. The average Bonchev–Trinajstić information content (AvgIpc) is 2.70. The Morgan fingerprint density at radius 3 is 2.61 bits per heavy atom. The van der Waals surface area contributed by atoms with Gasteiger partial charge in [-0.3, -0.25) is 4.79 Å². The van der Waals surface area contributed by atoms with Gasteiger partial charge < -0.3 is 21.3 Å². The summed E-state index contributed by atoms with van der Waals surface area (Å²) in [6, 6.07) is 14.4. The Morgan fingerprint density at radius 1 is 1.14 bits per heavy atom. The van der Waals surface area contributed by atoms with Gasteiger partial charge in [0.1, 0.15) is 0 Å². The number of urea groups is 1. The summed E-state index contributed by atoms with van der Waals surface area (Å²) in [7, 11) is 0. The van der Waals surface area contributed by atoms with Crippen molar-refractivity contribution >= 4 is 23.3 Å². The van der Waals surface area contributed by atoms with E-state index >= 15 is 0 Å². The number of carbonyl (C=O) groups is 2. The fourth-order valence-corrected chi connectivity index (χ4v) is 3.50. The van der Waals surface area contributed by atoms with Gasteiger partial charge in [-0.15, -0.1) is 0 Å². The van der Waals surface area contributed by atoms with Crippen LogP contribution in [0.3, 0.4) is 0 Å². The number of carbonyl (C=O) groups excluding carboxylic acids is 2. The van der Waals surface area contributed by atoms with Crippen LogP contribution >= 0.6 is 0 Å². The number of benzene rings is 2. The molecule has 0 radical (unpaired) electrons. The number of amides is 3. The molecule has 0 saturated carbocycles. The Morgan fingerprint density at radius 2 is 1.89 bits per heavy atom. The van der Waals surface area contributed by atoms with Gasteiger partial charge in [-0.1, -0.05) is 24.3 Å². The molecular formula is C22H28N4O2. The largest absolute Gasteiger partial charge is 0.338 e. The average molecular weight is 380 g/mol. The van der Waals surface area contributed by atoms with E-state index in [4.69, 9.17) is 5.73 Å². The minimum atomic E-state index is -0.339. The Hall–Kier alpha value is -2.86. The highest BCUT2D eigenvalue weighted by Gasteiger charge is 2.26. The molecule has 1 saturated heterocycles. The molecule has 3 rings (SSSR count). The minimum Gasteiger partial charge on any atom is -0.338 e. The van der Waals surface area contributed by atoms with Crippen LogP contribution in [0.1, 0.15) is 35.7 Å². The molecule has 1 aliphatic rings. The number of likely N-dealkylation sites (tertiary alicyclic amines) is 1. The lowest BCUT2D eigenvalue weighted by Gasteiger charge is -2.34. The van der Waals surface area contributed by atoms with Gasteiger partial charge in [0.2, 0.25) is 0 Å². The summed E-state index contributed by atoms with van der Waals surface area (Å²) in [6.07, 6.45) is 2.02. The van der Waals surface area contributed by atoms with E-state index in [-0.39, 0.29) is 18.0 Å². The molecule has 2 unspecified atom stereocenters. The van der Waals surface area contributed by atoms with Crippen molar-refractivity contribution in [2.75, 3.05) is 23.7 Å². The zero-order chi connectivity index (χ0) is 20.1. The number of nitrogens with two attached hydrogens (primary N) is 1. The second-order valence-electron chi connectivity index (χ2n) is 7.49. The zero-order valence-electron chi connectivity index (χ0n) is 16.4. The van der Waals surface area contributed by atoms with Crippen LogP contribution < -0.4 is 16.4 Å². The molecule has 2 aromatic rings. The van der Waals surface area contributed by atoms with Gasteiger partial charge in [-0.25, -0.2) is 4.79 Å². The summed E-state index contributed by atoms with van der Waals surface area (Å²) in [4.78, 5) is 27.1. The first-order valence-corrected chi connectivity index (χ1v) is 9.72. The van der Waals surface area contributed by atoms with E-state index < -0.39 is 0 Å². The molecule has 0 bridgehead atoms. The lowest BCUT2D eigenvalue weighted by atomic mass is 9.92. The molecule has 2 aromatic carbocycles. The molecule has 148 valence electrons. The van der Waals surface area contributed by atoms with E-state index in [0.29, 0.717) is 29.4 Å². The van der Waals surface area contributed by atoms with E-state index in [1.807, 2.05) is 61.2 Å². The van der Waals surface area contributed by atoms with E-state index in [9.17, 15) is 9.59 Å². The van der Waals surface area contributed by atoms with Crippen molar-refractivity contribution in [3.8, 4) is 0 Å². The summed E-state index contributed by atoms with van der Waals surface area (Å²) >= 11 is 0. The Bertz CT molecular complexity index is 836. The fraction of sp³-hybridized carbons (Fsp3) is 0.364. The molecule has 6 nitrogen and oxygen atoms in total. The molecule has 1 aliphatic heterocycles. The number of piperidine rings is 1. The maximum absolute atomic E-state index is 13.0. The first-order chi connectivity index (χ1) is 13.4. The van der Waals surface area contributed by atoms with E-state index in [2.05, 4.69) is 10.6 Å². The molecule has 4 N–H and O–H groups in total. The predicted octanol–water partition coefficient (Wildman–Crippen LogP) is 3.84. The third-order valence-corrected chi connectivity index (χ3v) is 5.25. The lowest BCUT2D eigenvalue weighted by molar-refractivity contribution is 0.0661. The standard InChI is InChI=1S/C22H28N4O2/c1-15-10-11-17(21(27)26-12-6-7-18(14-26)16(2)23)13-20(15)25-22(28)24-19-8-4-3-5-9-19/h3-5,8-11,13,16,18H,6-7,12,14,23H2,1-2H3,(H2,24,25,28). The summed E-state index contributed by atoms with van der Waals surface area (Å²) in [5.74, 6) is 0.314. The van der Waals surface area contributed by atoms with Crippen LogP contribution in [0.2, 0.25) is 0 Å². The topological polar surface area (TPSA) is 87.5 Å². The smallest absolute Gasteiger partial charge is 0.323 e. The van der Waals surface area contributed by atoms with Gasteiger partial charge in [0, 0.05) is 36.1 Å². The number of aryl methyl sites for hydroxylation is 1. The Balaban J connectivity index is 1.70. The maximum atomic E-state index is 13.0. The van der Waals surface area contributed by atoms with Crippen LogP contribution in [0, 0.1) is 12.8 Å². The van der Waals surface area contributed by atoms with Crippen LogP contribution in [-0.2, 0) is 0 Å². The molecule has 2 atom stereocenters. The number of hydrogen-bond acceptors (Lipinski definition) is 3. The summed E-state index contributed by atoms with van der Waals surface area (Å²) in [5, 5.41) is 5.63. The van der Waals surface area contributed by atoms with E-state index in [1.165, 1.54) is 0 Å². The van der Waals surface area contributed by atoms with Gasteiger partial charge in [-0.05, 0) is 62.4 Å². The molecule has 1 fully saturated rings. The summed E-state index contributed by atoms with van der Waals surface area (Å²) in [6.45, 7) is 5.33. The van der Waals surface area contributed by atoms with Gasteiger partial charge in [0.05, 0.1) is 0 Å². The summed E-state index contributed by atoms with van der Waals surface area (Å²) in [5.41, 5.74) is 8.84. The third kappa shape index (κ3) is 4.89. The molecular weight excluding hydrogens is 352 g/mol. The van der Waals surface area contributed by atoms with Gasteiger partial charge >= 0.3 is 6.03 Å². The van der Waals surface area contributed by atoms with Crippen molar-refractivity contribution in [3.05, 3.63) is 59.7 Å². The van der Waals surface area contributed by atoms with Crippen molar-refractivity contribution in [1.29, 1.82) is 0 Å². The molecule has 28 heavy (non-hydrogen) atoms. The van der Waals surface area contributed by atoms with Crippen LogP contribution in [0.4, 0.5) is 16.2 Å². The number of para-hydroxylation sites is 1.